The summed E-state index contributed by atoms with van der Waals surface area (Å²) in [5.74, 6) is 0.544. The highest BCUT2D eigenvalue weighted by molar-refractivity contribution is 5.76. The van der Waals surface area contributed by atoms with Gasteiger partial charge in [-0.05, 0) is 24.7 Å². The Morgan fingerprint density at radius 2 is 1.96 bits per heavy atom. The molecule has 0 bridgehead atoms. The Morgan fingerprint density at radius 1 is 1.35 bits per heavy atom. The summed E-state index contributed by atoms with van der Waals surface area (Å²) >= 11 is 0. The van der Waals surface area contributed by atoms with Gasteiger partial charge < -0.3 is 10.0 Å². The van der Waals surface area contributed by atoms with Crippen LogP contribution in [0.4, 0.5) is 13.2 Å². The lowest BCUT2D eigenvalue weighted by Gasteiger charge is -2.35. The number of carbonyl (C=O) groups excluding carboxylic acids is 1. The van der Waals surface area contributed by atoms with Gasteiger partial charge in [-0.2, -0.15) is 18.3 Å². The van der Waals surface area contributed by atoms with Gasteiger partial charge in [-0.3, -0.25) is 9.48 Å². The van der Waals surface area contributed by atoms with E-state index < -0.39 is 18.5 Å². The van der Waals surface area contributed by atoms with Gasteiger partial charge >= 0.3 is 6.18 Å². The lowest BCUT2D eigenvalue weighted by molar-refractivity contribution is -0.143. The van der Waals surface area contributed by atoms with Crippen LogP contribution in [0.1, 0.15) is 31.5 Å². The van der Waals surface area contributed by atoms with Crippen LogP contribution in [-0.2, 0) is 23.9 Å². The number of piperidine rings is 1. The van der Waals surface area contributed by atoms with E-state index in [9.17, 15) is 18.0 Å². The molecule has 1 aromatic rings. The Bertz CT molecular complexity index is 547. The number of likely N-dealkylation sites (tertiary alicyclic amines) is 1. The Balaban J connectivity index is 2.12. The molecule has 1 fully saturated rings. The molecule has 23 heavy (non-hydrogen) atoms. The van der Waals surface area contributed by atoms with Crippen LogP contribution in [0.5, 0.6) is 0 Å². The largest absolute Gasteiger partial charge is 0.435 e. The first-order valence-corrected chi connectivity index (χ1v) is 7.72. The van der Waals surface area contributed by atoms with Gasteiger partial charge in [-0.25, -0.2) is 0 Å². The van der Waals surface area contributed by atoms with E-state index in [1.54, 1.807) is 4.90 Å². The molecule has 130 valence electrons. The van der Waals surface area contributed by atoms with Crippen molar-refractivity contribution < 1.29 is 23.1 Å². The second-order valence-corrected chi connectivity index (χ2v) is 6.42. The van der Waals surface area contributed by atoms with Gasteiger partial charge in [0.15, 0.2) is 5.69 Å². The van der Waals surface area contributed by atoms with Crippen LogP contribution in [-0.4, -0.2) is 45.4 Å². The number of aromatic nitrogens is 2. The minimum atomic E-state index is -4.59. The molecule has 1 aliphatic rings. The van der Waals surface area contributed by atoms with Crippen molar-refractivity contribution in [2.75, 3.05) is 19.7 Å². The lowest BCUT2D eigenvalue weighted by Crippen LogP contribution is -2.44. The number of halogens is 3. The van der Waals surface area contributed by atoms with Crippen molar-refractivity contribution in [2.45, 2.75) is 39.4 Å². The van der Waals surface area contributed by atoms with E-state index in [1.165, 1.54) is 6.20 Å². The zero-order valence-electron chi connectivity index (χ0n) is 13.3. The van der Waals surface area contributed by atoms with Crippen molar-refractivity contribution in [3.05, 3.63) is 17.5 Å². The summed E-state index contributed by atoms with van der Waals surface area (Å²) in [6.45, 7) is 4.76. The second kappa shape index (κ2) is 6.90. The molecule has 0 saturated carbocycles. The summed E-state index contributed by atoms with van der Waals surface area (Å²) < 4.78 is 39.8. The summed E-state index contributed by atoms with van der Waals surface area (Å²) in [5.41, 5.74) is -1.12. The number of hydrogen-bond donors (Lipinski definition) is 1. The van der Waals surface area contributed by atoms with Crippen LogP contribution >= 0.6 is 0 Å². The summed E-state index contributed by atoms with van der Waals surface area (Å²) in [6, 6.07) is 0. The highest BCUT2D eigenvalue weighted by Crippen LogP contribution is 2.31. The molecule has 5 nitrogen and oxygen atoms in total. The average Bonchev–Trinajstić information content (AvgIpc) is 2.81. The number of nitrogens with zero attached hydrogens (tertiary/aromatic N) is 3. The van der Waals surface area contributed by atoms with E-state index in [4.69, 9.17) is 5.11 Å². The van der Waals surface area contributed by atoms with E-state index in [0.29, 0.717) is 24.9 Å². The molecule has 1 saturated heterocycles. The van der Waals surface area contributed by atoms with Crippen molar-refractivity contribution in [3.63, 3.8) is 0 Å². The SMILES string of the molecule is CC1CC(C)CN(C(=O)Cn2cc(CCO)c(C(F)(F)F)n2)C1. The first-order chi connectivity index (χ1) is 10.7. The third kappa shape index (κ3) is 4.46. The molecule has 2 heterocycles. The monoisotopic (exact) mass is 333 g/mol. The topological polar surface area (TPSA) is 58.4 Å². The first kappa shape index (κ1) is 17.8. The van der Waals surface area contributed by atoms with Crippen molar-refractivity contribution >= 4 is 5.91 Å². The smallest absolute Gasteiger partial charge is 0.396 e. The molecule has 1 aromatic heterocycles. The fourth-order valence-electron chi connectivity index (χ4n) is 3.19. The first-order valence-electron chi connectivity index (χ1n) is 7.72. The number of aliphatic hydroxyl groups is 1. The van der Waals surface area contributed by atoms with Crippen molar-refractivity contribution in [2.24, 2.45) is 11.8 Å². The molecule has 8 heteroatoms. The fourth-order valence-corrected chi connectivity index (χ4v) is 3.19. The highest BCUT2D eigenvalue weighted by Gasteiger charge is 2.37. The van der Waals surface area contributed by atoms with E-state index >= 15 is 0 Å². The zero-order valence-corrected chi connectivity index (χ0v) is 13.3. The number of carbonyl (C=O) groups is 1. The lowest BCUT2D eigenvalue weighted by atomic mass is 9.92. The summed E-state index contributed by atoms with van der Waals surface area (Å²) in [7, 11) is 0. The van der Waals surface area contributed by atoms with Gasteiger partial charge in [0, 0.05) is 31.5 Å². The van der Waals surface area contributed by atoms with Crippen molar-refractivity contribution in [1.29, 1.82) is 0 Å². The number of rotatable bonds is 4. The van der Waals surface area contributed by atoms with E-state index in [-0.39, 0.29) is 24.4 Å². The van der Waals surface area contributed by atoms with Crippen molar-refractivity contribution in [1.82, 2.24) is 14.7 Å². The Hall–Kier alpha value is -1.57. The molecule has 1 amide bonds. The number of amides is 1. The van der Waals surface area contributed by atoms with Gasteiger partial charge in [0.1, 0.15) is 6.54 Å². The summed E-state index contributed by atoms with van der Waals surface area (Å²) in [6.07, 6.45) is -2.48. The van der Waals surface area contributed by atoms with Gasteiger partial charge in [0.25, 0.3) is 0 Å². The van der Waals surface area contributed by atoms with Gasteiger partial charge in [-0.15, -0.1) is 0 Å². The molecule has 1 N–H and O–H groups in total. The quantitative estimate of drug-likeness (QED) is 0.916. The van der Waals surface area contributed by atoms with E-state index in [1.807, 2.05) is 0 Å². The maximum absolute atomic E-state index is 12.9. The third-order valence-electron chi connectivity index (χ3n) is 4.01. The van der Waals surface area contributed by atoms with Crippen LogP contribution in [0.2, 0.25) is 0 Å². The standard InChI is InChI=1S/C15H22F3N3O2/c1-10-5-11(2)7-20(6-10)13(23)9-21-8-12(3-4-22)14(19-21)15(16,17)18/h8,10-11,22H,3-7,9H2,1-2H3. The van der Waals surface area contributed by atoms with Crippen molar-refractivity contribution in [3.8, 4) is 0 Å². The van der Waals surface area contributed by atoms with Crippen LogP contribution < -0.4 is 0 Å². The predicted octanol–water partition coefficient (Wildman–Crippen LogP) is 1.94. The second-order valence-electron chi connectivity index (χ2n) is 6.42. The average molecular weight is 333 g/mol. The Morgan fingerprint density at radius 3 is 2.48 bits per heavy atom. The molecule has 2 atom stereocenters. The number of hydrogen-bond acceptors (Lipinski definition) is 3. The van der Waals surface area contributed by atoms with E-state index in [0.717, 1.165) is 11.1 Å². The van der Waals surface area contributed by atoms with Gasteiger partial charge in [-0.1, -0.05) is 13.8 Å². The number of aliphatic hydroxyl groups excluding tert-OH is 1. The molecule has 2 unspecified atom stereocenters. The normalized spacial score (nSPS) is 22.4. The number of alkyl halides is 3. The van der Waals surface area contributed by atoms with Crippen LogP contribution in [0.25, 0.3) is 0 Å². The third-order valence-corrected chi connectivity index (χ3v) is 4.01. The van der Waals surface area contributed by atoms with Gasteiger partial charge in [0.2, 0.25) is 5.91 Å². The van der Waals surface area contributed by atoms with Crippen LogP contribution in [0, 0.1) is 11.8 Å². The zero-order chi connectivity index (χ0) is 17.2. The Kier molecular flexibility index (Phi) is 5.33. The van der Waals surface area contributed by atoms with E-state index in [2.05, 4.69) is 18.9 Å². The maximum Gasteiger partial charge on any atom is 0.435 e. The molecular formula is C15H22F3N3O2. The molecule has 0 aliphatic carbocycles. The van der Waals surface area contributed by atoms with Gasteiger partial charge in [0.05, 0.1) is 0 Å². The molecule has 1 aliphatic heterocycles. The predicted molar refractivity (Wildman–Crippen MR) is 77.5 cm³/mol. The summed E-state index contributed by atoms with van der Waals surface area (Å²) in [5, 5.41) is 12.4. The minimum absolute atomic E-state index is 0.0896. The summed E-state index contributed by atoms with van der Waals surface area (Å²) in [4.78, 5) is 14.0. The minimum Gasteiger partial charge on any atom is -0.396 e. The molecule has 2 rings (SSSR count). The van der Waals surface area contributed by atoms with Crippen LogP contribution in [0.3, 0.4) is 0 Å². The maximum atomic E-state index is 12.9. The molecular weight excluding hydrogens is 311 g/mol. The van der Waals surface area contributed by atoms with Crippen LogP contribution in [0.15, 0.2) is 6.20 Å². The molecule has 0 spiro atoms. The molecule has 0 aromatic carbocycles. The Labute approximate surface area is 133 Å². The fraction of sp³-hybridized carbons (Fsp3) is 0.733. The molecule has 0 radical (unpaired) electrons. The highest BCUT2D eigenvalue weighted by atomic mass is 19.4.